The minimum Gasteiger partial charge on any atom is -0.340 e. The summed E-state index contributed by atoms with van der Waals surface area (Å²) in [4.78, 5) is 14.4. The summed E-state index contributed by atoms with van der Waals surface area (Å²) in [6.07, 6.45) is 8.27. The first-order chi connectivity index (χ1) is 10.2. The molecule has 0 heterocycles. The van der Waals surface area contributed by atoms with Gasteiger partial charge in [-0.15, -0.1) is 0 Å². The third kappa shape index (κ3) is 3.94. The van der Waals surface area contributed by atoms with E-state index in [-0.39, 0.29) is 5.91 Å². The first-order valence-corrected chi connectivity index (χ1v) is 7.53. The van der Waals surface area contributed by atoms with Crippen molar-refractivity contribution in [1.82, 2.24) is 4.90 Å². The van der Waals surface area contributed by atoms with Crippen molar-refractivity contribution in [3.05, 3.63) is 66.8 Å². The van der Waals surface area contributed by atoms with Crippen LogP contribution in [0.1, 0.15) is 30.9 Å². The van der Waals surface area contributed by atoms with Crippen molar-refractivity contribution in [3.63, 3.8) is 0 Å². The molecule has 0 bridgehead atoms. The number of allylic oxidation sites excluding steroid dienone is 4. The van der Waals surface area contributed by atoms with Gasteiger partial charge < -0.3 is 4.90 Å². The molecule has 1 aromatic rings. The Hall–Kier alpha value is -2.09. The number of amides is 1. The lowest BCUT2D eigenvalue weighted by Crippen LogP contribution is -2.34. The molecule has 0 aliphatic heterocycles. The van der Waals surface area contributed by atoms with E-state index >= 15 is 0 Å². The molecule has 1 fully saturated rings. The Morgan fingerprint density at radius 3 is 2.71 bits per heavy atom. The molecule has 1 saturated carbocycles. The van der Waals surface area contributed by atoms with Gasteiger partial charge in [0.05, 0.1) is 6.42 Å². The van der Waals surface area contributed by atoms with E-state index < -0.39 is 0 Å². The second-order valence-electron chi connectivity index (χ2n) is 5.35. The summed E-state index contributed by atoms with van der Waals surface area (Å²) in [5, 5.41) is 0. The predicted molar refractivity (Wildman–Crippen MR) is 88.9 cm³/mol. The van der Waals surface area contributed by atoms with Crippen molar-refractivity contribution < 1.29 is 4.79 Å². The van der Waals surface area contributed by atoms with Gasteiger partial charge in [0.25, 0.3) is 0 Å². The smallest absolute Gasteiger partial charge is 0.227 e. The Kier molecular flexibility index (Phi) is 5.15. The highest BCUT2D eigenvalue weighted by Gasteiger charge is 2.31. The van der Waals surface area contributed by atoms with E-state index in [4.69, 9.17) is 0 Å². The minimum absolute atomic E-state index is 0.227. The minimum atomic E-state index is 0.227. The van der Waals surface area contributed by atoms with Crippen LogP contribution in [0.15, 0.2) is 55.7 Å². The second-order valence-corrected chi connectivity index (χ2v) is 5.35. The predicted octanol–water partition coefficient (Wildman–Crippen LogP) is 4.00. The summed E-state index contributed by atoms with van der Waals surface area (Å²) >= 11 is 0. The largest absolute Gasteiger partial charge is 0.340 e. The fourth-order valence-corrected chi connectivity index (χ4v) is 2.57. The third-order valence-electron chi connectivity index (χ3n) is 3.78. The lowest BCUT2D eigenvalue weighted by atomic mass is 10.0. The summed E-state index contributed by atoms with van der Waals surface area (Å²) < 4.78 is 0. The molecule has 2 heteroatoms. The Balaban J connectivity index is 2.13. The van der Waals surface area contributed by atoms with E-state index in [1.807, 2.05) is 35.3 Å². The van der Waals surface area contributed by atoms with Gasteiger partial charge in [-0.05, 0) is 36.5 Å². The van der Waals surface area contributed by atoms with Crippen LogP contribution in [-0.4, -0.2) is 23.4 Å². The Bertz CT molecular complexity index is 567. The lowest BCUT2D eigenvalue weighted by molar-refractivity contribution is -0.130. The van der Waals surface area contributed by atoms with Crippen LogP contribution in [-0.2, 0) is 11.2 Å². The number of hydrogen-bond donors (Lipinski definition) is 0. The van der Waals surface area contributed by atoms with Gasteiger partial charge in [0.2, 0.25) is 5.91 Å². The van der Waals surface area contributed by atoms with Gasteiger partial charge in [0.15, 0.2) is 0 Å². The van der Waals surface area contributed by atoms with E-state index in [9.17, 15) is 4.79 Å². The van der Waals surface area contributed by atoms with Gasteiger partial charge in [-0.25, -0.2) is 0 Å². The highest BCUT2D eigenvalue weighted by molar-refractivity contribution is 5.80. The van der Waals surface area contributed by atoms with Gasteiger partial charge in [0, 0.05) is 12.6 Å². The molecule has 0 spiro atoms. The van der Waals surface area contributed by atoms with Gasteiger partial charge in [-0.1, -0.05) is 55.7 Å². The fourth-order valence-electron chi connectivity index (χ4n) is 2.57. The summed E-state index contributed by atoms with van der Waals surface area (Å²) in [6, 6.07) is 8.58. The van der Waals surface area contributed by atoms with Crippen LogP contribution < -0.4 is 0 Å². The zero-order chi connectivity index (χ0) is 15.2. The molecule has 0 unspecified atom stereocenters. The van der Waals surface area contributed by atoms with Crippen molar-refractivity contribution in [1.29, 1.82) is 0 Å². The molecule has 110 valence electrons. The van der Waals surface area contributed by atoms with Crippen molar-refractivity contribution in [2.24, 2.45) is 0 Å². The van der Waals surface area contributed by atoms with Crippen molar-refractivity contribution in [3.8, 4) is 0 Å². The third-order valence-corrected chi connectivity index (χ3v) is 3.78. The van der Waals surface area contributed by atoms with Gasteiger partial charge in [-0.2, -0.15) is 0 Å². The summed E-state index contributed by atoms with van der Waals surface area (Å²) in [5.41, 5.74) is 3.15. The van der Waals surface area contributed by atoms with E-state index in [0.717, 1.165) is 36.1 Å². The van der Waals surface area contributed by atoms with E-state index in [2.05, 4.69) is 26.1 Å². The fraction of sp³-hybridized carbons (Fsp3) is 0.316. The normalized spacial score (nSPS) is 14.6. The first kappa shape index (κ1) is 15.3. The second kappa shape index (κ2) is 7.07. The van der Waals surface area contributed by atoms with Gasteiger partial charge >= 0.3 is 0 Å². The zero-order valence-corrected chi connectivity index (χ0v) is 12.7. The number of likely N-dealkylation sites (N-methyl/N-ethyl adjacent to an activating group) is 1. The highest BCUT2D eigenvalue weighted by Crippen LogP contribution is 2.27. The van der Waals surface area contributed by atoms with Crippen molar-refractivity contribution in [2.45, 2.75) is 32.2 Å². The van der Waals surface area contributed by atoms with Crippen LogP contribution in [0.5, 0.6) is 0 Å². The molecule has 0 aromatic heterocycles. The maximum Gasteiger partial charge on any atom is 0.227 e. The number of hydrogen-bond acceptors (Lipinski definition) is 1. The summed E-state index contributed by atoms with van der Waals surface area (Å²) in [5.74, 6) is 0.227. The molecular weight excluding hydrogens is 258 g/mol. The molecule has 1 aliphatic rings. The van der Waals surface area contributed by atoms with Crippen LogP contribution >= 0.6 is 0 Å². The number of benzene rings is 1. The van der Waals surface area contributed by atoms with Crippen molar-refractivity contribution >= 4 is 11.5 Å². The Labute approximate surface area is 127 Å². The maximum atomic E-state index is 12.4. The molecule has 1 aliphatic carbocycles. The molecule has 2 rings (SSSR count). The van der Waals surface area contributed by atoms with Crippen LogP contribution in [0.2, 0.25) is 0 Å². The van der Waals surface area contributed by atoms with Crippen molar-refractivity contribution in [2.75, 3.05) is 6.54 Å². The van der Waals surface area contributed by atoms with Crippen LogP contribution in [0, 0.1) is 0 Å². The molecular formula is C19H23NO. The molecule has 2 nitrogen and oxygen atoms in total. The van der Waals surface area contributed by atoms with Gasteiger partial charge in [0.1, 0.15) is 0 Å². The molecule has 0 radical (unpaired) electrons. The molecule has 1 amide bonds. The zero-order valence-electron chi connectivity index (χ0n) is 12.7. The summed E-state index contributed by atoms with van der Waals surface area (Å²) in [6.45, 7) is 10.4. The average molecular weight is 281 g/mol. The molecule has 0 atom stereocenters. The van der Waals surface area contributed by atoms with Crippen LogP contribution in [0.4, 0.5) is 0 Å². The quantitative estimate of drug-likeness (QED) is 0.692. The standard InChI is InChI=1S/C19H23NO/c1-4-8-16(5-2)17-10-7-9-15(13-17)14-19(21)20(6-3)18-11-12-18/h4-5,7-10,13,18H,1-2,6,11-12,14H2,3H3/b16-8+. The van der Waals surface area contributed by atoms with E-state index in [1.165, 1.54) is 0 Å². The van der Waals surface area contributed by atoms with E-state index in [1.54, 1.807) is 6.08 Å². The number of carbonyl (C=O) groups excluding carboxylic acids is 1. The lowest BCUT2D eigenvalue weighted by Gasteiger charge is -2.20. The highest BCUT2D eigenvalue weighted by atomic mass is 16.2. The molecule has 0 N–H and O–H groups in total. The maximum absolute atomic E-state index is 12.4. The average Bonchev–Trinajstić information content (AvgIpc) is 3.30. The number of nitrogens with zero attached hydrogens (tertiary/aromatic N) is 1. The Morgan fingerprint density at radius 2 is 2.14 bits per heavy atom. The molecule has 0 saturated heterocycles. The molecule has 21 heavy (non-hydrogen) atoms. The van der Waals surface area contributed by atoms with E-state index in [0.29, 0.717) is 12.5 Å². The van der Waals surface area contributed by atoms with Gasteiger partial charge in [-0.3, -0.25) is 4.79 Å². The molecule has 1 aromatic carbocycles. The SMILES string of the molecule is C=C/C=C(\C=C)c1cccc(CC(=O)N(CC)C2CC2)c1. The topological polar surface area (TPSA) is 20.3 Å². The monoisotopic (exact) mass is 281 g/mol. The summed E-state index contributed by atoms with van der Waals surface area (Å²) in [7, 11) is 0. The Morgan fingerprint density at radius 1 is 1.38 bits per heavy atom. The number of carbonyl (C=O) groups is 1. The van der Waals surface area contributed by atoms with Crippen LogP contribution in [0.25, 0.3) is 5.57 Å². The number of rotatable bonds is 7. The van der Waals surface area contributed by atoms with Crippen LogP contribution in [0.3, 0.4) is 0 Å². The first-order valence-electron chi connectivity index (χ1n) is 7.53.